The highest BCUT2D eigenvalue weighted by Crippen LogP contribution is 2.32. The van der Waals surface area contributed by atoms with Gasteiger partial charge in [-0.15, -0.1) is 0 Å². The maximum absolute atomic E-state index is 12.8. The van der Waals surface area contributed by atoms with E-state index < -0.39 is 18.3 Å². The molecule has 0 N–H and O–H groups in total. The Morgan fingerprint density at radius 3 is 2.00 bits per heavy atom. The van der Waals surface area contributed by atoms with Gasteiger partial charge in [0.2, 0.25) is 0 Å². The lowest BCUT2D eigenvalue weighted by Crippen LogP contribution is -2.33. The molecule has 0 bridgehead atoms. The Bertz CT molecular complexity index is 106. The van der Waals surface area contributed by atoms with Crippen molar-refractivity contribution in [1.82, 2.24) is 0 Å². The van der Waals surface area contributed by atoms with Crippen LogP contribution < -0.4 is 0 Å². The van der Waals surface area contributed by atoms with Crippen LogP contribution >= 0.6 is 15.9 Å². The van der Waals surface area contributed by atoms with E-state index in [2.05, 4.69) is 15.9 Å². The van der Waals surface area contributed by atoms with Crippen molar-refractivity contribution < 1.29 is 8.78 Å². The van der Waals surface area contributed by atoms with Crippen LogP contribution in [0.1, 0.15) is 19.8 Å². The van der Waals surface area contributed by atoms with Gasteiger partial charge in [0.1, 0.15) is 12.3 Å². The molecule has 0 aromatic rings. The highest BCUT2D eigenvalue weighted by Gasteiger charge is 2.34. The lowest BCUT2D eigenvalue weighted by Gasteiger charge is -2.29. The average Bonchev–Trinajstić information content (AvgIpc) is 1.82. The molecule has 0 aromatic carbocycles. The van der Waals surface area contributed by atoms with Gasteiger partial charge < -0.3 is 0 Å². The van der Waals surface area contributed by atoms with Crippen LogP contribution in [0.2, 0.25) is 0 Å². The lowest BCUT2D eigenvalue weighted by atomic mass is 9.87. The van der Waals surface area contributed by atoms with Gasteiger partial charge in [-0.25, -0.2) is 8.78 Å². The van der Waals surface area contributed by atoms with Gasteiger partial charge in [-0.2, -0.15) is 0 Å². The molecule has 2 atom stereocenters. The molecule has 10 heavy (non-hydrogen) atoms. The Labute approximate surface area is 68.1 Å². The zero-order valence-corrected chi connectivity index (χ0v) is 7.44. The van der Waals surface area contributed by atoms with Crippen molar-refractivity contribution in [3.63, 3.8) is 0 Å². The molecule has 3 heteroatoms. The van der Waals surface area contributed by atoms with E-state index in [0.717, 1.165) is 0 Å². The minimum atomic E-state index is -0.965. The van der Waals surface area contributed by atoms with Gasteiger partial charge >= 0.3 is 0 Å². The van der Waals surface area contributed by atoms with Gasteiger partial charge in [0.05, 0.1) is 0 Å². The Morgan fingerprint density at radius 2 is 1.60 bits per heavy atom. The molecule has 1 aliphatic rings. The topological polar surface area (TPSA) is 0 Å². The van der Waals surface area contributed by atoms with Crippen molar-refractivity contribution in [2.75, 3.05) is 0 Å². The van der Waals surface area contributed by atoms with Gasteiger partial charge in [-0.05, 0) is 12.8 Å². The van der Waals surface area contributed by atoms with Gasteiger partial charge in [0.15, 0.2) is 0 Å². The van der Waals surface area contributed by atoms with Crippen LogP contribution in [-0.2, 0) is 0 Å². The highest BCUT2D eigenvalue weighted by atomic mass is 79.9. The van der Waals surface area contributed by atoms with Crippen molar-refractivity contribution in [1.29, 1.82) is 0 Å². The molecule has 0 nitrogen and oxygen atoms in total. The number of alkyl halides is 3. The first-order chi connectivity index (χ1) is 4.61. The molecule has 2 unspecified atom stereocenters. The minimum absolute atomic E-state index is 0.0358. The molecule has 0 saturated heterocycles. The summed E-state index contributed by atoms with van der Waals surface area (Å²) in [5.74, 6) is -0.409. The lowest BCUT2D eigenvalue weighted by molar-refractivity contribution is 0.0930. The molecule has 0 aliphatic heterocycles. The first kappa shape index (κ1) is 8.44. The zero-order valence-electron chi connectivity index (χ0n) is 5.86. The standard InChI is InChI=1S/C7H11BrF2/c1-4-6(9)2-5(8)3-7(4)10/h4-7H,2-3H2,1H3. The summed E-state index contributed by atoms with van der Waals surface area (Å²) >= 11 is 3.22. The van der Waals surface area contributed by atoms with Crippen molar-refractivity contribution in [2.24, 2.45) is 5.92 Å². The van der Waals surface area contributed by atoms with Gasteiger partial charge in [-0.1, -0.05) is 22.9 Å². The van der Waals surface area contributed by atoms with Crippen molar-refractivity contribution in [3.8, 4) is 0 Å². The van der Waals surface area contributed by atoms with E-state index in [1.54, 1.807) is 6.92 Å². The Balaban J connectivity index is 2.49. The summed E-state index contributed by atoms with van der Waals surface area (Å²) in [4.78, 5) is 0.0358. The summed E-state index contributed by atoms with van der Waals surface area (Å²) in [7, 11) is 0. The van der Waals surface area contributed by atoms with Gasteiger partial charge in [-0.3, -0.25) is 0 Å². The maximum Gasteiger partial charge on any atom is 0.106 e. The number of hydrogen-bond acceptors (Lipinski definition) is 0. The Morgan fingerprint density at radius 1 is 1.20 bits per heavy atom. The number of rotatable bonds is 0. The monoisotopic (exact) mass is 212 g/mol. The second kappa shape index (κ2) is 3.16. The minimum Gasteiger partial charge on any atom is -0.247 e. The summed E-state index contributed by atoms with van der Waals surface area (Å²) in [6, 6.07) is 0. The summed E-state index contributed by atoms with van der Waals surface area (Å²) in [5, 5.41) is 0. The SMILES string of the molecule is CC1C(F)CC(Br)CC1F. The summed E-state index contributed by atoms with van der Waals surface area (Å²) in [6.07, 6.45) is -1.01. The summed E-state index contributed by atoms with van der Waals surface area (Å²) < 4.78 is 25.6. The number of halogens is 3. The largest absolute Gasteiger partial charge is 0.247 e. The third-order valence-electron chi connectivity index (χ3n) is 2.10. The zero-order chi connectivity index (χ0) is 7.72. The van der Waals surface area contributed by atoms with E-state index in [1.807, 2.05) is 0 Å². The predicted molar refractivity (Wildman–Crippen MR) is 40.9 cm³/mol. The molecule has 1 aliphatic carbocycles. The molecule has 0 aromatic heterocycles. The van der Waals surface area contributed by atoms with Crippen LogP contribution in [0.25, 0.3) is 0 Å². The molecule has 0 heterocycles. The third-order valence-corrected chi connectivity index (χ3v) is 2.85. The molecular formula is C7H11BrF2. The summed E-state index contributed by atoms with van der Waals surface area (Å²) in [6.45, 7) is 1.63. The van der Waals surface area contributed by atoms with Crippen molar-refractivity contribution in [3.05, 3.63) is 0 Å². The van der Waals surface area contributed by atoms with Crippen LogP contribution in [0.4, 0.5) is 8.78 Å². The molecular weight excluding hydrogens is 202 g/mol. The fourth-order valence-corrected chi connectivity index (χ4v) is 1.96. The highest BCUT2D eigenvalue weighted by molar-refractivity contribution is 9.09. The second-order valence-corrected chi connectivity index (χ2v) is 4.25. The fraction of sp³-hybridized carbons (Fsp3) is 1.00. The molecule has 1 saturated carbocycles. The van der Waals surface area contributed by atoms with E-state index in [1.165, 1.54) is 0 Å². The van der Waals surface area contributed by atoms with Crippen molar-refractivity contribution >= 4 is 15.9 Å². The van der Waals surface area contributed by atoms with Crippen LogP contribution in [0, 0.1) is 5.92 Å². The first-order valence-corrected chi connectivity index (χ1v) is 4.45. The molecule has 0 spiro atoms. The summed E-state index contributed by atoms with van der Waals surface area (Å²) in [5.41, 5.74) is 0. The van der Waals surface area contributed by atoms with Crippen LogP contribution in [0.5, 0.6) is 0 Å². The normalized spacial score (nSPS) is 49.2. The predicted octanol–water partition coefficient (Wildman–Crippen LogP) is 2.86. The second-order valence-electron chi connectivity index (χ2n) is 2.96. The number of hydrogen-bond donors (Lipinski definition) is 0. The third kappa shape index (κ3) is 1.68. The van der Waals surface area contributed by atoms with Crippen molar-refractivity contribution in [2.45, 2.75) is 36.9 Å². The smallest absolute Gasteiger partial charge is 0.106 e. The van der Waals surface area contributed by atoms with Crippen LogP contribution in [-0.4, -0.2) is 17.2 Å². The van der Waals surface area contributed by atoms with E-state index in [-0.39, 0.29) is 4.83 Å². The molecule has 1 fully saturated rings. The molecule has 60 valence electrons. The van der Waals surface area contributed by atoms with E-state index in [4.69, 9.17) is 0 Å². The van der Waals surface area contributed by atoms with Crippen LogP contribution in [0.3, 0.4) is 0 Å². The van der Waals surface area contributed by atoms with E-state index in [0.29, 0.717) is 12.8 Å². The van der Waals surface area contributed by atoms with E-state index >= 15 is 0 Å². The average molecular weight is 213 g/mol. The Hall–Kier alpha value is 0.340. The van der Waals surface area contributed by atoms with Crippen LogP contribution in [0.15, 0.2) is 0 Å². The van der Waals surface area contributed by atoms with Gasteiger partial charge in [0.25, 0.3) is 0 Å². The maximum atomic E-state index is 12.8. The fourth-order valence-electron chi connectivity index (χ4n) is 1.24. The molecule has 0 radical (unpaired) electrons. The molecule has 0 amide bonds. The quantitative estimate of drug-likeness (QED) is 0.542. The first-order valence-electron chi connectivity index (χ1n) is 3.53. The van der Waals surface area contributed by atoms with Gasteiger partial charge in [0, 0.05) is 10.7 Å². The molecule has 1 rings (SSSR count). The van der Waals surface area contributed by atoms with E-state index in [9.17, 15) is 8.78 Å². The Kier molecular flexibility index (Phi) is 2.67.